The van der Waals surface area contributed by atoms with E-state index in [0.29, 0.717) is 24.2 Å². The molecule has 0 atom stereocenters. The third-order valence-corrected chi connectivity index (χ3v) is 5.81. The van der Waals surface area contributed by atoms with Crippen LogP contribution in [0.2, 0.25) is 5.02 Å². The number of nitrogens with one attached hydrogen (secondary N) is 1. The van der Waals surface area contributed by atoms with Gasteiger partial charge in [-0.1, -0.05) is 17.7 Å². The summed E-state index contributed by atoms with van der Waals surface area (Å²) in [5.41, 5.74) is 4.19. The number of hydrogen-bond donors (Lipinski definition) is 2. The second kappa shape index (κ2) is 14.0. The molecule has 0 radical (unpaired) electrons. The van der Waals surface area contributed by atoms with Crippen LogP contribution in [0.15, 0.2) is 76.0 Å². The summed E-state index contributed by atoms with van der Waals surface area (Å²) < 4.78 is 0. The predicted octanol–water partition coefficient (Wildman–Crippen LogP) is 5.77. The Kier molecular flexibility index (Phi) is 10.2. The van der Waals surface area contributed by atoms with E-state index in [-0.39, 0.29) is 46.4 Å². The van der Waals surface area contributed by atoms with Crippen molar-refractivity contribution < 1.29 is 14.8 Å². The number of aromatic hydroxyl groups is 1. The summed E-state index contributed by atoms with van der Waals surface area (Å²) in [7, 11) is 0. The number of benzene rings is 3. The molecule has 202 valence electrons. The number of rotatable bonds is 10. The van der Waals surface area contributed by atoms with Crippen molar-refractivity contribution in [2.45, 2.75) is 19.8 Å². The number of hydrogen-bond acceptors (Lipinski definition) is 9. The van der Waals surface area contributed by atoms with E-state index in [9.17, 15) is 20.0 Å². The minimum atomic E-state index is -0.753. The van der Waals surface area contributed by atoms with Crippen LogP contribution in [-0.4, -0.2) is 34.9 Å². The van der Waals surface area contributed by atoms with Crippen LogP contribution < -0.4 is 10.3 Å². The van der Waals surface area contributed by atoms with Gasteiger partial charge in [0.15, 0.2) is 0 Å². The molecule has 0 aliphatic rings. The Labute approximate surface area is 234 Å². The first-order chi connectivity index (χ1) is 19.2. The molecule has 40 heavy (non-hydrogen) atoms. The summed E-state index contributed by atoms with van der Waals surface area (Å²) in [5, 5.41) is 51.8. The van der Waals surface area contributed by atoms with Gasteiger partial charge in [0.2, 0.25) is 5.84 Å². The van der Waals surface area contributed by atoms with Gasteiger partial charge >= 0.3 is 0 Å². The molecular formula is C27H23ClN8O4. The fourth-order valence-electron chi connectivity index (χ4n) is 3.60. The lowest BCUT2D eigenvalue weighted by molar-refractivity contribution is -0.384. The van der Waals surface area contributed by atoms with E-state index in [4.69, 9.17) is 22.1 Å². The maximum atomic E-state index is 12.7. The zero-order valence-electron chi connectivity index (χ0n) is 21.3. The van der Waals surface area contributed by atoms with Crippen molar-refractivity contribution in [2.75, 3.05) is 18.0 Å². The van der Waals surface area contributed by atoms with Gasteiger partial charge in [-0.25, -0.2) is 5.43 Å². The van der Waals surface area contributed by atoms with Gasteiger partial charge in [0.1, 0.15) is 5.75 Å². The lowest BCUT2D eigenvalue weighted by Gasteiger charge is -2.23. The Bertz CT molecular complexity index is 1540. The molecule has 2 N–H and O–H groups in total. The van der Waals surface area contributed by atoms with Gasteiger partial charge in [-0.05, 0) is 55.0 Å². The van der Waals surface area contributed by atoms with E-state index in [1.165, 1.54) is 42.5 Å². The zero-order chi connectivity index (χ0) is 29.1. The quantitative estimate of drug-likeness (QED) is 0.104. The number of anilines is 1. The first-order valence-electron chi connectivity index (χ1n) is 11.9. The fourth-order valence-corrected chi connectivity index (χ4v) is 3.77. The number of halogens is 1. The Balaban J connectivity index is 2.00. The number of nitrogens with zero attached hydrogens (tertiary/aromatic N) is 7. The molecule has 0 aliphatic heterocycles. The summed E-state index contributed by atoms with van der Waals surface area (Å²) in [6, 6.07) is 19.0. The van der Waals surface area contributed by atoms with Crippen molar-refractivity contribution in [1.29, 1.82) is 10.5 Å². The number of aryl methyl sites for hydroxylation is 1. The molecule has 0 spiro atoms. The number of azo groups is 1. The van der Waals surface area contributed by atoms with E-state index >= 15 is 0 Å². The largest absolute Gasteiger partial charge is 0.507 e. The Morgan fingerprint density at radius 2 is 1.80 bits per heavy atom. The van der Waals surface area contributed by atoms with E-state index in [2.05, 4.69) is 32.9 Å². The van der Waals surface area contributed by atoms with Crippen molar-refractivity contribution in [3.05, 3.63) is 92.5 Å². The molecule has 0 aromatic heterocycles. The minimum absolute atomic E-state index is 0.0222. The van der Waals surface area contributed by atoms with Crippen LogP contribution >= 0.6 is 11.6 Å². The Hall–Kier alpha value is -5.33. The molecule has 0 aliphatic carbocycles. The van der Waals surface area contributed by atoms with Crippen molar-refractivity contribution in [1.82, 2.24) is 5.43 Å². The smallest absolute Gasteiger partial charge is 0.275 e. The fraction of sp³-hybridized carbons (Fsp3) is 0.185. The SMILES string of the molecule is Cc1cc(N(CCC#N)CCC#N)ccc1/C(N=Nc1cccc([N+](=O)[O-])c1)=N\NC(=O)c1cc(Cl)ccc1O. The van der Waals surface area contributed by atoms with Crippen LogP contribution in [0, 0.1) is 39.7 Å². The molecule has 13 heteroatoms. The number of amidine groups is 1. The standard InChI is InChI=1S/C27H23ClN8O4/c1-18-15-21(35(13-3-11-29)14-4-12-30)8-9-23(18)26(32-31-20-5-2-6-22(17-20)36(39)40)33-34-27(38)24-16-19(28)7-10-25(24)37/h2,5-10,15-17,37H,3-4,13-14H2,1H3,(H,34,38)/b32-31?,33-26+. The summed E-state index contributed by atoms with van der Waals surface area (Å²) in [6.45, 7) is 2.65. The van der Waals surface area contributed by atoms with Crippen molar-refractivity contribution >= 4 is 40.4 Å². The molecule has 0 saturated heterocycles. The summed E-state index contributed by atoms with van der Waals surface area (Å²) >= 11 is 5.95. The molecular weight excluding hydrogens is 536 g/mol. The van der Waals surface area contributed by atoms with Crippen molar-refractivity contribution in [2.24, 2.45) is 15.3 Å². The van der Waals surface area contributed by atoms with E-state index in [0.717, 1.165) is 5.69 Å². The monoisotopic (exact) mass is 558 g/mol. The van der Waals surface area contributed by atoms with Gasteiger partial charge < -0.3 is 10.0 Å². The molecule has 0 fully saturated rings. The van der Waals surface area contributed by atoms with Crippen molar-refractivity contribution in [3.8, 4) is 17.9 Å². The molecule has 3 aromatic carbocycles. The molecule has 3 rings (SSSR count). The van der Waals surface area contributed by atoms with Gasteiger partial charge in [-0.3, -0.25) is 14.9 Å². The second-order valence-corrected chi connectivity index (χ2v) is 8.75. The number of carbonyl (C=O) groups is 1. The average molecular weight is 559 g/mol. The number of hydrazone groups is 1. The summed E-state index contributed by atoms with van der Waals surface area (Å²) in [5.74, 6) is -1.07. The number of nitro groups is 1. The van der Waals surface area contributed by atoms with Crippen LogP contribution in [0.3, 0.4) is 0 Å². The molecule has 12 nitrogen and oxygen atoms in total. The number of nitro benzene ring substituents is 1. The third-order valence-electron chi connectivity index (χ3n) is 5.57. The first-order valence-corrected chi connectivity index (χ1v) is 12.2. The molecule has 0 unspecified atom stereocenters. The second-order valence-electron chi connectivity index (χ2n) is 8.32. The third kappa shape index (κ3) is 7.84. The van der Waals surface area contributed by atoms with Gasteiger partial charge in [0.25, 0.3) is 11.6 Å². The number of phenolic OH excluding ortho intramolecular Hbond substituents is 1. The minimum Gasteiger partial charge on any atom is -0.507 e. The number of carbonyl (C=O) groups excluding carboxylic acids is 1. The molecule has 0 bridgehead atoms. The molecule has 0 heterocycles. The van der Waals surface area contributed by atoms with Gasteiger partial charge in [0.05, 0.1) is 41.2 Å². The number of non-ortho nitro benzene ring substituents is 1. The maximum Gasteiger partial charge on any atom is 0.275 e. The zero-order valence-corrected chi connectivity index (χ0v) is 22.0. The highest BCUT2D eigenvalue weighted by Gasteiger charge is 2.15. The highest BCUT2D eigenvalue weighted by molar-refractivity contribution is 6.31. The van der Waals surface area contributed by atoms with Crippen molar-refractivity contribution in [3.63, 3.8) is 0 Å². The number of amides is 1. The van der Waals surface area contributed by atoms with Crippen LogP contribution in [0.25, 0.3) is 0 Å². The lowest BCUT2D eigenvalue weighted by atomic mass is 10.1. The Morgan fingerprint density at radius 3 is 2.45 bits per heavy atom. The van der Waals surface area contributed by atoms with Gasteiger partial charge in [-0.15, -0.1) is 15.3 Å². The molecule has 3 aromatic rings. The lowest BCUT2D eigenvalue weighted by Crippen LogP contribution is -2.25. The van der Waals surface area contributed by atoms with E-state index in [1.807, 2.05) is 11.0 Å². The highest BCUT2D eigenvalue weighted by Crippen LogP contribution is 2.24. The summed E-state index contributed by atoms with van der Waals surface area (Å²) in [4.78, 5) is 25.2. The first kappa shape index (κ1) is 29.2. The number of phenols is 1. The van der Waals surface area contributed by atoms with E-state index < -0.39 is 10.8 Å². The van der Waals surface area contributed by atoms with Crippen LogP contribution in [0.4, 0.5) is 17.1 Å². The maximum absolute atomic E-state index is 12.7. The van der Waals surface area contributed by atoms with Crippen LogP contribution in [-0.2, 0) is 0 Å². The van der Waals surface area contributed by atoms with E-state index in [1.54, 1.807) is 19.1 Å². The molecule has 1 amide bonds. The summed E-state index contributed by atoms with van der Waals surface area (Å²) in [6.07, 6.45) is 0.553. The van der Waals surface area contributed by atoms with Gasteiger partial charge in [0, 0.05) is 41.5 Å². The molecule has 0 saturated carbocycles. The Morgan fingerprint density at radius 1 is 1.07 bits per heavy atom. The van der Waals surface area contributed by atoms with Crippen LogP contribution in [0.1, 0.15) is 34.3 Å². The van der Waals surface area contributed by atoms with Gasteiger partial charge in [-0.2, -0.15) is 10.5 Å². The normalized spacial score (nSPS) is 11.1. The predicted molar refractivity (Wildman–Crippen MR) is 149 cm³/mol. The average Bonchev–Trinajstić information content (AvgIpc) is 2.94. The highest BCUT2D eigenvalue weighted by atomic mass is 35.5. The topological polar surface area (TPSA) is 180 Å². The number of nitriles is 2. The van der Waals surface area contributed by atoms with Crippen LogP contribution in [0.5, 0.6) is 5.75 Å².